The van der Waals surface area contributed by atoms with E-state index < -0.39 is 5.82 Å². The van der Waals surface area contributed by atoms with Crippen molar-refractivity contribution < 1.29 is 13.9 Å². The van der Waals surface area contributed by atoms with Crippen LogP contribution in [0, 0.1) is 5.82 Å². The molecule has 0 spiro atoms. The van der Waals surface area contributed by atoms with E-state index in [1.54, 1.807) is 24.1 Å². The molecule has 1 amide bonds. The highest BCUT2D eigenvalue weighted by Gasteiger charge is 2.28. The molecule has 1 heterocycles. The second-order valence-corrected chi connectivity index (χ2v) is 4.09. The van der Waals surface area contributed by atoms with Gasteiger partial charge in [-0.2, -0.15) is 0 Å². The summed E-state index contributed by atoms with van der Waals surface area (Å²) in [6.07, 6.45) is 0.759. The summed E-state index contributed by atoms with van der Waals surface area (Å²) in [5, 5.41) is 3.09. The Balaban J connectivity index is 2.11. The molecule has 5 heteroatoms. The second-order valence-electron chi connectivity index (χ2n) is 4.09. The number of amides is 1. The lowest BCUT2D eigenvalue weighted by Crippen LogP contribution is -2.30. The smallest absolute Gasteiger partial charge is 0.244 e. The van der Waals surface area contributed by atoms with Gasteiger partial charge in [0.2, 0.25) is 5.91 Å². The Morgan fingerprint density at radius 2 is 2.29 bits per heavy atom. The van der Waals surface area contributed by atoms with E-state index in [-0.39, 0.29) is 17.7 Å². The first-order valence-electron chi connectivity index (χ1n) is 5.47. The van der Waals surface area contributed by atoms with E-state index >= 15 is 0 Å². The van der Waals surface area contributed by atoms with Gasteiger partial charge in [0.1, 0.15) is 6.04 Å². The van der Waals surface area contributed by atoms with Gasteiger partial charge in [-0.1, -0.05) is 0 Å². The van der Waals surface area contributed by atoms with Crippen LogP contribution in [-0.2, 0) is 4.79 Å². The maximum atomic E-state index is 13.2. The molecule has 1 aliphatic heterocycles. The number of hydrogen-bond donors (Lipinski definition) is 1. The van der Waals surface area contributed by atoms with Gasteiger partial charge in [-0.15, -0.1) is 0 Å². The van der Waals surface area contributed by atoms with E-state index in [9.17, 15) is 9.18 Å². The van der Waals surface area contributed by atoms with Crippen molar-refractivity contribution >= 4 is 11.6 Å². The number of benzene rings is 1. The molecule has 0 aromatic heterocycles. The molecule has 1 aromatic carbocycles. The number of likely N-dealkylation sites (tertiary alicyclic amines) is 1. The van der Waals surface area contributed by atoms with Crippen molar-refractivity contribution in [2.75, 3.05) is 26.0 Å². The van der Waals surface area contributed by atoms with Gasteiger partial charge in [-0.3, -0.25) is 4.79 Å². The van der Waals surface area contributed by atoms with Crippen molar-refractivity contribution in [1.82, 2.24) is 4.90 Å². The molecule has 0 saturated carbocycles. The molecule has 1 atom stereocenters. The summed E-state index contributed by atoms with van der Waals surface area (Å²) in [7, 11) is 3.19. The number of hydrogen-bond acceptors (Lipinski definition) is 3. The highest BCUT2D eigenvalue weighted by molar-refractivity contribution is 5.86. The molecule has 1 fully saturated rings. The Bertz CT molecular complexity index is 437. The predicted molar refractivity (Wildman–Crippen MR) is 62.6 cm³/mol. The van der Waals surface area contributed by atoms with Crippen LogP contribution in [0.2, 0.25) is 0 Å². The van der Waals surface area contributed by atoms with Gasteiger partial charge in [0, 0.05) is 25.3 Å². The Labute approximate surface area is 99.4 Å². The second kappa shape index (κ2) is 4.61. The molecule has 2 rings (SSSR count). The zero-order chi connectivity index (χ0) is 12.4. The van der Waals surface area contributed by atoms with E-state index in [1.165, 1.54) is 13.2 Å². The molecule has 0 aliphatic carbocycles. The van der Waals surface area contributed by atoms with Crippen LogP contribution in [0.3, 0.4) is 0 Å². The van der Waals surface area contributed by atoms with Gasteiger partial charge in [0.15, 0.2) is 11.6 Å². The summed E-state index contributed by atoms with van der Waals surface area (Å²) < 4.78 is 18.1. The predicted octanol–water partition coefficient (Wildman–Crippen LogP) is 1.48. The normalized spacial score (nSPS) is 19.6. The minimum Gasteiger partial charge on any atom is -0.494 e. The molecule has 1 saturated heterocycles. The number of methoxy groups -OCH3 is 1. The minimum atomic E-state index is -0.409. The number of anilines is 1. The average Bonchev–Trinajstić information content (AvgIpc) is 2.63. The number of likely N-dealkylation sites (N-methyl/N-ethyl adjacent to an activating group) is 1. The van der Waals surface area contributed by atoms with Gasteiger partial charge < -0.3 is 15.0 Å². The summed E-state index contributed by atoms with van der Waals surface area (Å²) in [4.78, 5) is 13.4. The van der Waals surface area contributed by atoms with Crippen LogP contribution in [0.25, 0.3) is 0 Å². The zero-order valence-electron chi connectivity index (χ0n) is 9.87. The van der Waals surface area contributed by atoms with Crippen LogP contribution in [0.15, 0.2) is 18.2 Å². The van der Waals surface area contributed by atoms with Crippen LogP contribution >= 0.6 is 0 Å². The van der Waals surface area contributed by atoms with E-state index in [4.69, 9.17) is 4.74 Å². The summed E-state index contributed by atoms with van der Waals surface area (Å²) in [5.41, 5.74) is 0.692. The van der Waals surface area contributed by atoms with E-state index in [2.05, 4.69) is 5.32 Å². The summed E-state index contributed by atoms with van der Waals surface area (Å²) in [6, 6.07) is 4.25. The lowest BCUT2D eigenvalue weighted by molar-refractivity contribution is -0.127. The molecule has 17 heavy (non-hydrogen) atoms. The standard InChI is InChI=1S/C12H15FN2O2/c1-15-6-5-10(12(15)16)14-8-3-4-9(13)11(7-8)17-2/h3-4,7,10,14H,5-6H2,1-2H3. The first-order valence-corrected chi connectivity index (χ1v) is 5.47. The lowest BCUT2D eigenvalue weighted by Gasteiger charge is -2.14. The van der Waals surface area contributed by atoms with Crippen molar-refractivity contribution in [1.29, 1.82) is 0 Å². The highest BCUT2D eigenvalue weighted by Crippen LogP contribution is 2.23. The fourth-order valence-electron chi connectivity index (χ4n) is 1.91. The van der Waals surface area contributed by atoms with Gasteiger partial charge in [0.25, 0.3) is 0 Å². The van der Waals surface area contributed by atoms with Crippen molar-refractivity contribution in [2.24, 2.45) is 0 Å². The van der Waals surface area contributed by atoms with E-state index in [1.807, 2.05) is 0 Å². The summed E-state index contributed by atoms with van der Waals surface area (Å²) in [5.74, 6) is -0.171. The number of carbonyl (C=O) groups excluding carboxylic acids is 1. The SMILES string of the molecule is COc1cc(NC2CCN(C)C2=O)ccc1F. The maximum Gasteiger partial charge on any atom is 0.244 e. The molecule has 92 valence electrons. The minimum absolute atomic E-state index is 0.0632. The third kappa shape index (κ3) is 2.33. The van der Waals surface area contributed by atoms with Gasteiger partial charge >= 0.3 is 0 Å². The number of rotatable bonds is 3. The molecule has 1 unspecified atom stereocenters. The van der Waals surface area contributed by atoms with Crippen LogP contribution in [0.5, 0.6) is 5.75 Å². The molecule has 1 aromatic rings. The van der Waals surface area contributed by atoms with Gasteiger partial charge in [-0.05, 0) is 18.6 Å². The van der Waals surface area contributed by atoms with Crippen LogP contribution in [-0.4, -0.2) is 37.6 Å². The lowest BCUT2D eigenvalue weighted by atomic mass is 10.2. The van der Waals surface area contributed by atoms with Gasteiger partial charge in [-0.25, -0.2) is 4.39 Å². The monoisotopic (exact) mass is 238 g/mol. The van der Waals surface area contributed by atoms with Crippen molar-refractivity contribution in [3.8, 4) is 5.75 Å². The Kier molecular flexibility index (Phi) is 3.17. The molecule has 0 bridgehead atoms. The first-order chi connectivity index (χ1) is 8.11. The van der Waals surface area contributed by atoms with Gasteiger partial charge in [0.05, 0.1) is 7.11 Å². The third-order valence-corrected chi connectivity index (χ3v) is 2.92. The Hall–Kier alpha value is -1.78. The largest absolute Gasteiger partial charge is 0.494 e. The zero-order valence-corrected chi connectivity index (χ0v) is 9.87. The number of ether oxygens (including phenoxy) is 1. The molecule has 1 N–H and O–H groups in total. The molecular weight excluding hydrogens is 223 g/mol. The van der Waals surface area contributed by atoms with Crippen LogP contribution in [0.4, 0.5) is 10.1 Å². The number of carbonyl (C=O) groups is 1. The van der Waals surface area contributed by atoms with E-state index in [0.29, 0.717) is 5.69 Å². The van der Waals surface area contributed by atoms with Crippen molar-refractivity contribution in [3.05, 3.63) is 24.0 Å². The highest BCUT2D eigenvalue weighted by atomic mass is 19.1. The third-order valence-electron chi connectivity index (χ3n) is 2.92. The molecular formula is C12H15FN2O2. The van der Waals surface area contributed by atoms with Crippen molar-refractivity contribution in [3.63, 3.8) is 0 Å². The Morgan fingerprint density at radius 1 is 1.53 bits per heavy atom. The number of nitrogens with zero attached hydrogens (tertiary/aromatic N) is 1. The number of halogens is 1. The summed E-state index contributed by atoms with van der Waals surface area (Å²) >= 11 is 0. The maximum absolute atomic E-state index is 13.2. The number of nitrogens with one attached hydrogen (secondary N) is 1. The van der Waals surface area contributed by atoms with Crippen LogP contribution in [0.1, 0.15) is 6.42 Å². The molecule has 0 radical (unpaired) electrons. The quantitative estimate of drug-likeness (QED) is 0.867. The Morgan fingerprint density at radius 3 is 2.88 bits per heavy atom. The first kappa shape index (κ1) is 11.7. The average molecular weight is 238 g/mol. The molecule has 4 nitrogen and oxygen atoms in total. The van der Waals surface area contributed by atoms with Crippen LogP contribution < -0.4 is 10.1 Å². The topological polar surface area (TPSA) is 41.6 Å². The van der Waals surface area contributed by atoms with E-state index in [0.717, 1.165) is 13.0 Å². The molecule has 1 aliphatic rings. The fourth-order valence-corrected chi connectivity index (χ4v) is 1.91. The fraction of sp³-hybridized carbons (Fsp3) is 0.417. The summed E-state index contributed by atoms with van der Waals surface area (Å²) in [6.45, 7) is 0.745. The van der Waals surface area contributed by atoms with Crippen molar-refractivity contribution in [2.45, 2.75) is 12.5 Å².